The summed E-state index contributed by atoms with van der Waals surface area (Å²) in [6, 6.07) is 30.0. The number of halogens is 1. The van der Waals surface area contributed by atoms with Gasteiger partial charge in [-0.05, 0) is 23.3 Å². The molecule has 1 aromatic heterocycles. The Bertz CT molecular complexity index is 1240. The highest BCUT2D eigenvalue weighted by Gasteiger charge is 2.23. The van der Waals surface area contributed by atoms with Crippen molar-refractivity contribution in [3.8, 4) is 11.1 Å². The topological polar surface area (TPSA) is 59.4 Å². The van der Waals surface area contributed by atoms with Crippen LogP contribution in [0.4, 0.5) is 0 Å². The van der Waals surface area contributed by atoms with Crippen LogP contribution in [0.3, 0.4) is 0 Å². The molecule has 0 bridgehead atoms. The molecule has 0 unspecified atom stereocenters. The molecule has 0 aliphatic heterocycles. The lowest BCUT2D eigenvalue weighted by Crippen LogP contribution is -2.11. The zero-order valence-corrected chi connectivity index (χ0v) is 18.7. The maximum absolute atomic E-state index is 13.1. The summed E-state index contributed by atoms with van der Waals surface area (Å²) in [5.41, 5.74) is 3.59. The molecule has 32 heavy (non-hydrogen) atoms. The van der Waals surface area contributed by atoms with E-state index in [9.17, 15) is 9.90 Å². The second-order valence-electron chi connectivity index (χ2n) is 7.06. The van der Waals surface area contributed by atoms with E-state index in [0.29, 0.717) is 15.7 Å². The Morgan fingerprint density at radius 3 is 2.12 bits per heavy atom. The van der Waals surface area contributed by atoms with E-state index in [0.717, 1.165) is 16.7 Å². The van der Waals surface area contributed by atoms with E-state index in [2.05, 4.69) is 20.9 Å². The Hall–Kier alpha value is -3.70. The predicted octanol–water partition coefficient (Wildman–Crippen LogP) is 6.68. The van der Waals surface area contributed by atoms with Crippen LogP contribution in [0.25, 0.3) is 22.5 Å². The van der Waals surface area contributed by atoms with Crippen LogP contribution < -0.4 is 0 Å². The number of hydrogen-bond donors (Lipinski definition) is 1. The number of aliphatic hydroxyl groups excluding tert-OH is 1. The molecule has 4 nitrogen and oxygen atoms in total. The van der Waals surface area contributed by atoms with Gasteiger partial charge in [-0.25, -0.2) is 4.79 Å². The van der Waals surface area contributed by atoms with Gasteiger partial charge >= 0.3 is 5.97 Å². The van der Waals surface area contributed by atoms with Gasteiger partial charge in [0.1, 0.15) is 17.9 Å². The van der Waals surface area contributed by atoms with Crippen molar-refractivity contribution in [2.24, 2.45) is 0 Å². The summed E-state index contributed by atoms with van der Waals surface area (Å²) in [5, 5.41) is 11.1. The minimum absolute atomic E-state index is 0.00689. The SMILES string of the molecule is O=C(OCc1ccccc1)/C(=C(/O)c1ccccc1Br)c1ccc(-c2ccccc2)cn1. The van der Waals surface area contributed by atoms with Crippen LogP contribution in [-0.2, 0) is 16.1 Å². The Morgan fingerprint density at radius 1 is 0.812 bits per heavy atom. The van der Waals surface area contributed by atoms with Gasteiger partial charge in [-0.15, -0.1) is 0 Å². The highest BCUT2D eigenvalue weighted by Crippen LogP contribution is 2.30. The number of aromatic nitrogens is 1. The minimum atomic E-state index is -0.651. The Balaban J connectivity index is 1.71. The van der Waals surface area contributed by atoms with E-state index in [4.69, 9.17) is 4.74 Å². The average molecular weight is 486 g/mol. The number of carbonyl (C=O) groups is 1. The van der Waals surface area contributed by atoms with Crippen molar-refractivity contribution in [1.82, 2.24) is 4.98 Å². The number of esters is 1. The smallest absolute Gasteiger partial charge is 0.344 e. The first-order chi connectivity index (χ1) is 15.6. The van der Waals surface area contributed by atoms with Crippen LogP contribution in [0.5, 0.6) is 0 Å². The Kier molecular flexibility index (Phi) is 6.78. The highest BCUT2D eigenvalue weighted by atomic mass is 79.9. The second kappa shape index (κ2) is 10.1. The molecule has 1 N–H and O–H groups in total. The van der Waals surface area contributed by atoms with Crippen LogP contribution in [0.2, 0.25) is 0 Å². The number of ether oxygens (including phenoxy) is 1. The third kappa shape index (κ3) is 4.95. The van der Waals surface area contributed by atoms with E-state index in [1.807, 2.05) is 72.8 Å². The molecule has 5 heteroatoms. The fourth-order valence-electron chi connectivity index (χ4n) is 3.25. The molecule has 0 aliphatic rings. The molecule has 1 heterocycles. The summed E-state index contributed by atoms with van der Waals surface area (Å²) in [6.07, 6.45) is 1.68. The van der Waals surface area contributed by atoms with Crippen LogP contribution in [-0.4, -0.2) is 16.1 Å². The van der Waals surface area contributed by atoms with Gasteiger partial charge in [-0.3, -0.25) is 4.98 Å². The number of pyridine rings is 1. The van der Waals surface area contributed by atoms with Crippen molar-refractivity contribution in [1.29, 1.82) is 0 Å². The van der Waals surface area contributed by atoms with E-state index in [1.165, 1.54) is 0 Å². The molecule has 3 aromatic carbocycles. The summed E-state index contributed by atoms with van der Waals surface area (Å²) in [7, 11) is 0. The fourth-order valence-corrected chi connectivity index (χ4v) is 3.72. The fraction of sp³-hybridized carbons (Fsp3) is 0.0370. The third-order valence-corrected chi connectivity index (χ3v) is 5.60. The van der Waals surface area contributed by atoms with Gasteiger partial charge in [0.2, 0.25) is 0 Å². The van der Waals surface area contributed by atoms with Gasteiger partial charge in [-0.1, -0.05) is 101 Å². The maximum atomic E-state index is 13.1. The number of rotatable bonds is 6. The van der Waals surface area contributed by atoms with Gasteiger partial charge in [0.05, 0.1) is 5.69 Å². The lowest BCUT2D eigenvalue weighted by Gasteiger charge is -2.13. The number of nitrogens with zero attached hydrogens (tertiary/aromatic N) is 1. The van der Waals surface area contributed by atoms with Gasteiger partial charge in [0, 0.05) is 21.8 Å². The highest BCUT2D eigenvalue weighted by molar-refractivity contribution is 9.10. The quantitative estimate of drug-likeness (QED) is 0.188. The predicted molar refractivity (Wildman–Crippen MR) is 129 cm³/mol. The molecule has 0 fully saturated rings. The maximum Gasteiger partial charge on any atom is 0.344 e. The van der Waals surface area contributed by atoms with Crippen LogP contribution in [0, 0.1) is 0 Å². The van der Waals surface area contributed by atoms with Gasteiger partial charge in [-0.2, -0.15) is 0 Å². The third-order valence-electron chi connectivity index (χ3n) is 4.91. The van der Waals surface area contributed by atoms with E-state index >= 15 is 0 Å². The first-order valence-electron chi connectivity index (χ1n) is 10.0. The van der Waals surface area contributed by atoms with Crippen molar-refractivity contribution in [2.45, 2.75) is 6.61 Å². The normalized spacial score (nSPS) is 11.5. The largest absolute Gasteiger partial charge is 0.506 e. The van der Waals surface area contributed by atoms with Crippen molar-refractivity contribution >= 4 is 33.2 Å². The zero-order chi connectivity index (χ0) is 22.3. The van der Waals surface area contributed by atoms with Crippen molar-refractivity contribution in [3.05, 3.63) is 125 Å². The van der Waals surface area contributed by atoms with Crippen molar-refractivity contribution in [3.63, 3.8) is 0 Å². The van der Waals surface area contributed by atoms with E-state index in [1.54, 1.807) is 30.5 Å². The lowest BCUT2D eigenvalue weighted by atomic mass is 10.0. The summed E-state index contributed by atoms with van der Waals surface area (Å²) < 4.78 is 6.19. The van der Waals surface area contributed by atoms with Gasteiger partial charge in [0.15, 0.2) is 0 Å². The average Bonchev–Trinajstić information content (AvgIpc) is 2.85. The molecule has 0 saturated heterocycles. The number of hydrogen-bond acceptors (Lipinski definition) is 4. The zero-order valence-electron chi connectivity index (χ0n) is 17.1. The number of carbonyl (C=O) groups excluding carboxylic acids is 1. The van der Waals surface area contributed by atoms with Crippen LogP contribution in [0.1, 0.15) is 16.8 Å². The minimum Gasteiger partial charge on any atom is -0.506 e. The molecule has 158 valence electrons. The molecular formula is C27H20BrNO3. The number of aliphatic hydroxyl groups is 1. The first-order valence-corrected chi connectivity index (χ1v) is 10.8. The molecule has 4 rings (SSSR count). The molecule has 0 radical (unpaired) electrons. The summed E-state index contributed by atoms with van der Waals surface area (Å²) in [6.45, 7) is 0.0918. The van der Waals surface area contributed by atoms with Crippen LogP contribution >= 0.6 is 15.9 Å². The molecule has 4 aromatic rings. The molecule has 0 aliphatic carbocycles. The molecular weight excluding hydrogens is 466 g/mol. The summed E-state index contributed by atoms with van der Waals surface area (Å²) in [5.74, 6) is -0.849. The lowest BCUT2D eigenvalue weighted by molar-refractivity contribution is -0.137. The van der Waals surface area contributed by atoms with Gasteiger partial charge < -0.3 is 9.84 Å². The van der Waals surface area contributed by atoms with Crippen molar-refractivity contribution < 1.29 is 14.6 Å². The molecule has 0 amide bonds. The van der Waals surface area contributed by atoms with Crippen LogP contribution in [0.15, 0.2) is 108 Å². The van der Waals surface area contributed by atoms with Gasteiger partial charge in [0.25, 0.3) is 0 Å². The second-order valence-corrected chi connectivity index (χ2v) is 7.92. The summed E-state index contributed by atoms with van der Waals surface area (Å²) >= 11 is 3.44. The summed E-state index contributed by atoms with van der Waals surface area (Å²) in [4.78, 5) is 17.6. The standard InChI is InChI=1S/C27H20BrNO3/c28-23-14-8-7-13-22(23)26(30)25(27(31)32-18-19-9-3-1-4-10-19)24-16-15-21(17-29-24)20-11-5-2-6-12-20/h1-17,30H,18H2/b26-25+. The van der Waals surface area contributed by atoms with Crippen molar-refractivity contribution in [2.75, 3.05) is 0 Å². The Morgan fingerprint density at radius 2 is 1.47 bits per heavy atom. The molecule has 0 spiro atoms. The first kappa shape index (κ1) is 21.5. The number of benzene rings is 3. The van der Waals surface area contributed by atoms with E-state index < -0.39 is 5.97 Å². The Labute approximate surface area is 195 Å². The molecule has 0 atom stereocenters. The monoisotopic (exact) mass is 485 g/mol. The molecule has 0 saturated carbocycles. The van der Waals surface area contributed by atoms with E-state index in [-0.39, 0.29) is 17.9 Å².